The Kier molecular flexibility index (Phi) is 12.4. The molecule has 0 atom stereocenters. The minimum absolute atomic E-state index is 0.0374. The van der Waals surface area contributed by atoms with Gasteiger partial charge in [0.15, 0.2) is 0 Å². The van der Waals surface area contributed by atoms with Gasteiger partial charge in [-0.3, -0.25) is 0 Å². The zero-order chi connectivity index (χ0) is 35.5. The van der Waals surface area contributed by atoms with Gasteiger partial charge in [0.05, 0.1) is 12.2 Å². The summed E-state index contributed by atoms with van der Waals surface area (Å²) in [5.74, 6) is -0.662. The summed E-state index contributed by atoms with van der Waals surface area (Å²) in [6, 6.07) is 26.2. The number of carbonyl (C=O) groups is 1. The molecule has 0 amide bonds. The second-order valence-corrected chi connectivity index (χ2v) is 12.3. The van der Waals surface area contributed by atoms with Crippen molar-refractivity contribution in [3.8, 4) is 5.75 Å². The molecule has 4 N–H and O–H groups in total. The Bertz CT molecular complexity index is 1600. The number of benzene rings is 4. The van der Waals surface area contributed by atoms with Crippen LogP contribution in [0, 0.1) is 12.3 Å². The normalized spacial score (nSPS) is 12.3. The van der Waals surface area contributed by atoms with Gasteiger partial charge in [0.25, 0.3) is 0 Å². The monoisotopic (exact) mass is 679 g/mol. The highest BCUT2D eigenvalue weighted by Gasteiger charge is 2.34. The molecular formula is C39H40F5N2O3. The van der Waals surface area contributed by atoms with E-state index < -0.39 is 30.1 Å². The first-order valence-corrected chi connectivity index (χ1v) is 15.9. The first-order chi connectivity index (χ1) is 23.2. The standard InChI is InChI=1S/C39H40F5N2O3/c1-37(25-30-8-17-33(45)18-9-30,26-31-10-19-34(46)20-11-31)27-48-36(47)23-14-29-12-21-35(22-13-29)49-39(43,44)32-15-6-28(7-16-32)5-3-2-4-24-38(40,41)42/h6-23H,1-5,24-27,45-46H2/b23-14+. The lowest BCUT2D eigenvalue weighted by Crippen LogP contribution is -2.30. The van der Waals surface area contributed by atoms with Crippen LogP contribution in [0.4, 0.5) is 33.3 Å². The van der Waals surface area contributed by atoms with Gasteiger partial charge in [-0.15, -0.1) is 0 Å². The number of unbranched alkanes of at least 4 members (excludes halogenated alkanes) is 2. The fraction of sp³-hybridized carbons (Fsp3) is 0.282. The molecule has 0 fully saturated rings. The predicted molar refractivity (Wildman–Crippen MR) is 183 cm³/mol. The summed E-state index contributed by atoms with van der Waals surface area (Å²) < 4.78 is 77.1. The lowest BCUT2D eigenvalue weighted by molar-refractivity contribution is -0.185. The molecule has 10 heteroatoms. The SMILES string of the molecule is [CH2]C(COC(=O)/C=C/c1ccc(OC(F)(F)c2ccc(CCCCCC(F)(F)F)cc2)cc1)(Cc1ccc(N)cc1)Cc1ccc(N)cc1. The van der Waals surface area contributed by atoms with E-state index in [-0.39, 0.29) is 24.3 Å². The molecule has 0 saturated carbocycles. The number of esters is 1. The molecule has 0 spiro atoms. The number of alkyl halides is 5. The second kappa shape index (κ2) is 16.5. The number of hydrogen-bond acceptors (Lipinski definition) is 5. The molecular weight excluding hydrogens is 639 g/mol. The van der Waals surface area contributed by atoms with Gasteiger partial charge in [-0.2, -0.15) is 22.0 Å². The van der Waals surface area contributed by atoms with Crippen molar-refractivity contribution in [2.24, 2.45) is 5.41 Å². The number of hydrogen-bond donors (Lipinski definition) is 2. The Balaban J connectivity index is 1.29. The van der Waals surface area contributed by atoms with Gasteiger partial charge in [-0.25, -0.2) is 4.79 Å². The van der Waals surface area contributed by atoms with E-state index in [2.05, 4.69) is 6.92 Å². The van der Waals surface area contributed by atoms with Gasteiger partial charge < -0.3 is 20.9 Å². The summed E-state index contributed by atoms with van der Waals surface area (Å²) in [6.45, 7) is 4.45. The Morgan fingerprint density at radius 3 is 1.76 bits per heavy atom. The van der Waals surface area contributed by atoms with Gasteiger partial charge in [0, 0.05) is 29.3 Å². The summed E-state index contributed by atoms with van der Waals surface area (Å²) >= 11 is 0. The van der Waals surface area contributed by atoms with E-state index >= 15 is 0 Å². The molecule has 1 radical (unpaired) electrons. The molecule has 0 aliphatic rings. The number of aryl methyl sites for hydroxylation is 1. The van der Waals surface area contributed by atoms with Crippen molar-refractivity contribution in [3.05, 3.63) is 138 Å². The molecule has 4 aromatic carbocycles. The molecule has 0 aromatic heterocycles. The Morgan fingerprint density at radius 2 is 1.22 bits per heavy atom. The van der Waals surface area contributed by atoms with Crippen molar-refractivity contribution in [1.29, 1.82) is 0 Å². The zero-order valence-electron chi connectivity index (χ0n) is 27.0. The quantitative estimate of drug-likeness (QED) is 0.0405. The fourth-order valence-corrected chi connectivity index (χ4v) is 5.29. The third kappa shape index (κ3) is 12.6. The minimum atomic E-state index is -4.17. The summed E-state index contributed by atoms with van der Waals surface area (Å²) in [5.41, 5.74) is 15.2. The number of carbonyl (C=O) groups excluding carboxylic acids is 1. The molecule has 0 heterocycles. The smallest absolute Gasteiger partial charge is 0.426 e. The van der Waals surface area contributed by atoms with Crippen molar-refractivity contribution in [2.45, 2.75) is 57.2 Å². The Labute approximate surface area is 283 Å². The van der Waals surface area contributed by atoms with Crippen molar-refractivity contribution >= 4 is 23.4 Å². The lowest BCUT2D eigenvalue weighted by Gasteiger charge is -2.29. The number of halogens is 5. The minimum Gasteiger partial charge on any atom is -0.462 e. The topological polar surface area (TPSA) is 87.6 Å². The van der Waals surface area contributed by atoms with Gasteiger partial charge >= 0.3 is 18.3 Å². The van der Waals surface area contributed by atoms with Crippen LogP contribution in [-0.2, 0) is 34.9 Å². The first-order valence-electron chi connectivity index (χ1n) is 15.9. The van der Waals surface area contributed by atoms with Crippen LogP contribution < -0.4 is 16.2 Å². The van der Waals surface area contributed by atoms with Crippen LogP contribution in [0.15, 0.2) is 103 Å². The summed E-state index contributed by atoms with van der Waals surface area (Å²) in [5, 5.41) is 0. The van der Waals surface area contributed by atoms with E-state index in [1.807, 2.05) is 48.5 Å². The molecule has 259 valence electrons. The average Bonchev–Trinajstić information content (AvgIpc) is 3.05. The molecule has 49 heavy (non-hydrogen) atoms. The Hall–Kier alpha value is -4.86. The third-order valence-corrected chi connectivity index (χ3v) is 7.89. The van der Waals surface area contributed by atoms with Crippen molar-refractivity contribution < 1.29 is 36.2 Å². The third-order valence-electron chi connectivity index (χ3n) is 7.89. The highest BCUT2D eigenvalue weighted by molar-refractivity contribution is 5.87. The van der Waals surface area contributed by atoms with Gasteiger partial charge in [0.1, 0.15) is 5.75 Å². The number of ether oxygens (including phenoxy) is 2. The summed E-state index contributed by atoms with van der Waals surface area (Å²) in [7, 11) is 0. The number of nitrogens with two attached hydrogens (primary N) is 2. The molecule has 4 aromatic rings. The van der Waals surface area contributed by atoms with E-state index in [0.29, 0.717) is 49.0 Å². The maximum absolute atomic E-state index is 14.9. The van der Waals surface area contributed by atoms with Gasteiger partial charge in [-0.1, -0.05) is 55.0 Å². The Morgan fingerprint density at radius 1 is 0.694 bits per heavy atom. The van der Waals surface area contributed by atoms with Gasteiger partial charge in [0.2, 0.25) is 0 Å². The van der Waals surface area contributed by atoms with Crippen LogP contribution in [0.1, 0.15) is 53.5 Å². The van der Waals surface area contributed by atoms with Crippen LogP contribution >= 0.6 is 0 Å². The molecule has 0 aliphatic heterocycles. The van der Waals surface area contributed by atoms with Crippen LogP contribution in [-0.4, -0.2) is 18.8 Å². The predicted octanol–water partition coefficient (Wildman–Crippen LogP) is 9.51. The number of anilines is 2. The van der Waals surface area contributed by atoms with Crippen LogP contribution in [0.5, 0.6) is 5.75 Å². The highest BCUT2D eigenvalue weighted by atomic mass is 19.4. The van der Waals surface area contributed by atoms with Crippen LogP contribution in [0.25, 0.3) is 6.08 Å². The van der Waals surface area contributed by atoms with Crippen molar-refractivity contribution in [3.63, 3.8) is 0 Å². The van der Waals surface area contributed by atoms with Crippen LogP contribution in [0.2, 0.25) is 0 Å². The lowest BCUT2D eigenvalue weighted by atomic mass is 9.79. The maximum atomic E-state index is 14.9. The van der Waals surface area contributed by atoms with Crippen molar-refractivity contribution in [1.82, 2.24) is 0 Å². The highest BCUT2D eigenvalue weighted by Crippen LogP contribution is 2.33. The average molecular weight is 680 g/mol. The molecule has 5 nitrogen and oxygen atoms in total. The fourth-order valence-electron chi connectivity index (χ4n) is 5.29. The molecule has 0 aliphatic carbocycles. The van der Waals surface area contributed by atoms with Gasteiger partial charge in [-0.05, 0) is 116 Å². The van der Waals surface area contributed by atoms with E-state index in [1.165, 1.54) is 60.7 Å². The number of nitrogen functional groups attached to an aromatic ring is 2. The summed E-state index contributed by atoms with van der Waals surface area (Å²) in [6.07, 6.45) is -3.31. The molecule has 0 bridgehead atoms. The molecule has 0 unspecified atom stereocenters. The van der Waals surface area contributed by atoms with Crippen LogP contribution in [0.3, 0.4) is 0 Å². The zero-order valence-corrected chi connectivity index (χ0v) is 27.0. The molecule has 0 saturated heterocycles. The van der Waals surface area contributed by atoms with E-state index in [1.54, 1.807) is 0 Å². The van der Waals surface area contributed by atoms with E-state index in [9.17, 15) is 26.7 Å². The van der Waals surface area contributed by atoms with Crippen molar-refractivity contribution in [2.75, 3.05) is 18.1 Å². The maximum Gasteiger partial charge on any atom is 0.426 e. The first kappa shape index (κ1) is 37.0. The number of rotatable bonds is 16. The summed E-state index contributed by atoms with van der Waals surface area (Å²) in [4.78, 5) is 12.7. The molecule has 4 rings (SSSR count). The van der Waals surface area contributed by atoms with E-state index in [0.717, 1.165) is 16.7 Å². The largest absolute Gasteiger partial charge is 0.462 e. The second-order valence-electron chi connectivity index (χ2n) is 12.3. The van der Waals surface area contributed by atoms with E-state index in [4.69, 9.17) is 20.9 Å².